The van der Waals surface area contributed by atoms with Crippen LogP contribution in [0.5, 0.6) is 11.5 Å². The molecule has 6 nitrogen and oxygen atoms in total. The van der Waals surface area contributed by atoms with Crippen LogP contribution in [0.4, 0.5) is 0 Å². The van der Waals surface area contributed by atoms with Gasteiger partial charge in [0.05, 0.1) is 17.5 Å². The first kappa shape index (κ1) is 13.2. The van der Waals surface area contributed by atoms with Crippen molar-refractivity contribution in [3.63, 3.8) is 0 Å². The first-order chi connectivity index (χ1) is 9.24. The molecule has 0 amide bonds. The number of amidine groups is 1. The summed E-state index contributed by atoms with van der Waals surface area (Å²) in [6.45, 7) is 0.421. The Morgan fingerprint density at radius 2 is 2.32 bits per heavy atom. The lowest BCUT2D eigenvalue weighted by molar-refractivity contribution is 0.287. The molecule has 1 aromatic heterocycles. The summed E-state index contributed by atoms with van der Waals surface area (Å²) in [4.78, 5) is 4.99. The molecule has 3 N–H and O–H groups in total. The summed E-state index contributed by atoms with van der Waals surface area (Å²) in [5, 5.41) is 11.6. The molecule has 0 aliphatic heterocycles. The third-order valence-electron chi connectivity index (χ3n) is 2.42. The highest BCUT2D eigenvalue weighted by Gasteiger charge is 2.08. The number of rotatable bonds is 5. The van der Waals surface area contributed by atoms with Crippen molar-refractivity contribution in [1.29, 1.82) is 0 Å². The average molecular weight is 279 g/mol. The van der Waals surface area contributed by atoms with Crippen LogP contribution in [0, 0.1) is 0 Å². The number of hydrogen-bond acceptors (Lipinski definition) is 6. The Balaban J connectivity index is 2.16. The van der Waals surface area contributed by atoms with E-state index in [0.29, 0.717) is 23.7 Å². The Morgan fingerprint density at radius 3 is 2.95 bits per heavy atom. The number of benzene rings is 1. The van der Waals surface area contributed by atoms with E-state index < -0.39 is 0 Å². The van der Waals surface area contributed by atoms with Crippen LogP contribution in [0.25, 0.3) is 0 Å². The van der Waals surface area contributed by atoms with Gasteiger partial charge in [-0.1, -0.05) is 5.16 Å². The Morgan fingerprint density at radius 1 is 1.47 bits per heavy atom. The molecule has 1 aromatic carbocycles. The van der Waals surface area contributed by atoms with Crippen molar-refractivity contribution in [2.24, 2.45) is 10.9 Å². The average Bonchev–Trinajstić information content (AvgIpc) is 2.97. The normalized spacial score (nSPS) is 11.3. The fourth-order valence-electron chi connectivity index (χ4n) is 1.47. The van der Waals surface area contributed by atoms with Gasteiger partial charge < -0.3 is 20.4 Å². The lowest BCUT2D eigenvalue weighted by Gasteiger charge is -2.11. The summed E-state index contributed by atoms with van der Waals surface area (Å²) < 4.78 is 10.9. The van der Waals surface area contributed by atoms with Crippen molar-refractivity contribution < 1.29 is 14.7 Å². The molecule has 0 aliphatic carbocycles. The van der Waals surface area contributed by atoms with Crippen LogP contribution in [0.15, 0.2) is 35.1 Å². The Bertz CT molecular complexity index is 570. The van der Waals surface area contributed by atoms with Gasteiger partial charge >= 0.3 is 0 Å². The maximum Gasteiger partial charge on any atom is 0.170 e. The minimum atomic E-state index is 0.0207. The maximum absolute atomic E-state index is 8.63. The second-order valence-corrected chi connectivity index (χ2v) is 4.58. The van der Waals surface area contributed by atoms with Crippen molar-refractivity contribution in [1.82, 2.24) is 4.98 Å². The van der Waals surface area contributed by atoms with Crippen molar-refractivity contribution in [3.05, 3.63) is 40.3 Å². The molecule has 2 aromatic rings. The molecule has 2 rings (SSSR count). The molecule has 0 spiro atoms. The third-order valence-corrected chi connectivity index (χ3v) is 3.17. The second kappa shape index (κ2) is 6.05. The fraction of sp³-hybridized carbons (Fsp3) is 0.167. The van der Waals surface area contributed by atoms with E-state index in [1.807, 2.05) is 0 Å². The number of nitrogens with zero attached hydrogens (tertiary/aromatic N) is 2. The quantitative estimate of drug-likeness (QED) is 0.377. The summed E-state index contributed by atoms with van der Waals surface area (Å²) in [7, 11) is 1.53. The van der Waals surface area contributed by atoms with Gasteiger partial charge in [0.2, 0.25) is 0 Å². The predicted molar refractivity (Wildman–Crippen MR) is 72.0 cm³/mol. The Kier molecular flexibility index (Phi) is 4.19. The number of ether oxygens (including phenoxy) is 2. The molecule has 19 heavy (non-hydrogen) atoms. The van der Waals surface area contributed by atoms with Gasteiger partial charge in [0.25, 0.3) is 0 Å². The highest BCUT2D eigenvalue weighted by molar-refractivity contribution is 7.09. The van der Waals surface area contributed by atoms with E-state index in [-0.39, 0.29) is 5.84 Å². The second-order valence-electron chi connectivity index (χ2n) is 3.61. The van der Waals surface area contributed by atoms with Gasteiger partial charge in [-0.15, -0.1) is 11.3 Å². The summed E-state index contributed by atoms with van der Waals surface area (Å²) in [5.41, 5.74) is 7.82. The molecule has 0 fully saturated rings. The van der Waals surface area contributed by atoms with Crippen molar-refractivity contribution in [2.45, 2.75) is 6.61 Å². The van der Waals surface area contributed by atoms with E-state index in [2.05, 4.69) is 10.1 Å². The highest BCUT2D eigenvalue weighted by Crippen LogP contribution is 2.29. The number of oxime groups is 1. The number of nitrogens with two attached hydrogens (primary N) is 1. The molecule has 0 atom stereocenters. The number of thiazole rings is 1. The van der Waals surface area contributed by atoms with Gasteiger partial charge in [-0.2, -0.15) is 0 Å². The molecule has 0 radical (unpaired) electrons. The molecule has 0 unspecified atom stereocenters. The molecule has 1 heterocycles. The first-order valence-electron chi connectivity index (χ1n) is 5.40. The van der Waals surface area contributed by atoms with E-state index in [1.54, 1.807) is 29.9 Å². The molecule has 0 aliphatic rings. The van der Waals surface area contributed by atoms with Crippen LogP contribution in [0.1, 0.15) is 10.4 Å². The van der Waals surface area contributed by atoms with Crippen LogP contribution in [0.2, 0.25) is 0 Å². The molecule has 0 bridgehead atoms. The lowest BCUT2D eigenvalue weighted by atomic mass is 10.2. The number of aromatic nitrogens is 1. The number of methoxy groups -OCH3 is 1. The maximum atomic E-state index is 8.63. The lowest BCUT2D eigenvalue weighted by Crippen LogP contribution is -2.13. The van der Waals surface area contributed by atoms with Gasteiger partial charge in [0, 0.05) is 11.8 Å². The molecule has 0 saturated heterocycles. The van der Waals surface area contributed by atoms with Crippen molar-refractivity contribution >= 4 is 17.2 Å². The third kappa shape index (κ3) is 3.14. The molecule has 7 heteroatoms. The number of hydrogen-bond donors (Lipinski definition) is 2. The molecule has 100 valence electrons. The molecular formula is C12H13N3O3S. The van der Waals surface area contributed by atoms with Gasteiger partial charge in [-0.05, 0) is 18.2 Å². The van der Waals surface area contributed by atoms with E-state index in [1.165, 1.54) is 18.4 Å². The predicted octanol–water partition coefficient (Wildman–Crippen LogP) is 1.83. The van der Waals surface area contributed by atoms with E-state index in [9.17, 15) is 0 Å². The smallest absolute Gasteiger partial charge is 0.170 e. The largest absolute Gasteiger partial charge is 0.493 e. The summed E-state index contributed by atoms with van der Waals surface area (Å²) >= 11 is 1.52. The molecule has 0 saturated carbocycles. The zero-order chi connectivity index (χ0) is 13.7. The zero-order valence-electron chi connectivity index (χ0n) is 10.2. The van der Waals surface area contributed by atoms with E-state index in [4.69, 9.17) is 20.4 Å². The van der Waals surface area contributed by atoms with Gasteiger partial charge in [0.15, 0.2) is 17.3 Å². The van der Waals surface area contributed by atoms with Crippen LogP contribution in [-0.4, -0.2) is 23.1 Å². The van der Waals surface area contributed by atoms with Gasteiger partial charge in [-0.3, -0.25) is 4.98 Å². The van der Waals surface area contributed by atoms with Crippen LogP contribution >= 0.6 is 11.3 Å². The van der Waals surface area contributed by atoms with Gasteiger partial charge in [0.1, 0.15) is 6.61 Å². The summed E-state index contributed by atoms with van der Waals surface area (Å²) in [5.74, 6) is 1.13. The zero-order valence-corrected chi connectivity index (χ0v) is 11.1. The fourth-order valence-corrected chi connectivity index (χ4v) is 1.97. The Hall–Kier alpha value is -2.28. The topological polar surface area (TPSA) is 90.0 Å². The summed E-state index contributed by atoms with van der Waals surface area (Å²) in [6.07, 6.45) is 1.75. The minimum absolute atomic E-state index is 0.0207. The monoisotopic (exact) mass is 279 g/mol. The Labute approximate surface area is 114 Å². The van der Waals surface area contributed by atoms with E-state index in [0.717, 1.165) is 4.88 Å². The van der Waals surface area contributed by atoms with Crippen molar-refractivity contribution in [3.8, 4) is 11.5 Å². The van der Waals surface area contributed by atoms with Crippen LogP contribution in [0.3, 0.4) is 0 Å². The summed E-state index contributed by atoms with van der Waals surface area (Å²) in [6, 6.07) is 5.06. The molecular weight excluding hydrogens is 266 g/mol. The standard InChI is InChI=1S/C12H13N3O3S/c1-17-11-4-8(12(13)15-16)2-3-10(11)18-6-9-5-14-7-19-9/h2-5,7,16H,6H2,1H3,(H2,13,15). The SMILES string of the molecule is COc1cc(/C(N)=N/O)ccc1OCc1cncs1. The highest BCUT2D eigenvalue weighted by atomic mass is 32.1. The van der Waals surface area contributed by atoms with Crippen LogP contribution in [-0.2, 0) is 6.61 Å². The van der Waals surface area contributed by atoms with Crippen molar-refractivity contribution in [2.75, 3.05) is 7.11 Å². The van der Waals surface area contributed by atoms with Crippen LogP contribution < -0.4 is 15.2 Å². The van der Waals surface area contributed by atoms with E-state index >= 15 is 0 Å². The van der Waals surface area contributed by atoms with Gasteiger partial charge in [-0.25, -0.2) is 0 Å². The minimum Gasteiger partial charge on any atom is -0.493 e. The first-order valence-corrected chi connectivity index (χ1v) is 6.28.